The van der Waals surface area contributed by atoms with Gasteiger partial charge in [0.15, 0.2) is 0 Å². The third kappa shape index (κ3) is 5.16. The summed E-state index contributed by atoms with van der Waals surface area (Å²) in [7, 11) is 0. The first kappa shape index (κ1) is 14.4. The van der Waals surface area contributed by atoms with Gasteiger partial charge >= 0.3 is 43.7 Å². The van der Waals surface area contributed by atoms with E-state index in [1.165, 1.54) is 0 Å². The van der Waals surface area contributed by atoms with Gasteiger partial charge in [-0.2, -0.15) is 0 Å². The minimum Gasteiger partial charge on any atom is -1.00 e. The number of hydrogen-bond donors (Lipinski definition) is 2. The van der Waals surface area contributed by atoms with Crippen molar-refractivity contribution in [2.45, 2.75) is 12.5 Å². The van der Waals surface area contributed by atoms with E-state index < -0.39 is 12.0 Å². The normalized spacial score (nSPS) is 10.9. The van der Waals surface area contributed by atoms with Gasteiger partial charge in [-0.25, -0.2) is 4.79 Å². The molecule has 0 spiro atoms. The first-order valence-corrected chi connectivity index (χ1v) is 4.20. The average Bonchev–Trinajstić information content (AvgIpc) is 2.18. The summed E-state index contributed by atoms with van der Waals surface area (Å²) in [5, 5.41) is 11.0. The fourth-order valence-electron chi connectivity index (χ4n) is 1.15. The monoisotopic (exact) mass is 235 g/mol. The van der Waals surface area contributed by atoms with Crippen LogP contribution in [0.2, 0.25) is 0 Å². The first-order valence-electron chi connectivity index (χ1n) is 4.20. The van der Waals surface area contributed by atoms with Crippen LogP contribution in [0.5, 0.6) is 0 Å². The molecule has 0 aliphatic carbocycles. The average molecular weight is 235 g/mol. The Kier molecular flexibility index (Phi) is 7.38. The van der Waals surface area contributed by atoms with E-state index in [4.69, 9.17) is 5.11 Å². The number of benzene rings is 1. The summed E-state index contributed by atoms with van der Waals surface area (Å²) in [6.45, 7) is 0. The Morgan fingerprint density at radius 2 is 2.07 bits per heavy atom. The van der Waals surface area contributed by atoms with Crippen molar-refractivity contribution in [1.82, 2.24) is 5.32 Å². The maximum atomic E-state index is 10.7. The number of carboxylic acid groups (broad SMARTS) is 1. The summed E-state index contributed by atoms with van der Waals surface area (Å²) < 4.78 is 0. The summed E-state index contributed by atoms with van der Waals surface area (Å²) in [6, 6.07) is 8.30. The Morgan fingerprint density at radius 3 is 2.53 bits per heavy atom. The standard InChI is InChI=1S/C10H11NO3.Ca.2H/c12-7-11-9(10(13)14)6-8-4-2-1-3-5-8;;;/h1-5,7,9H,6H2,(H,11,12)(H,13,14);;;/q;+2;2*-1/t9-;;;/m0.../s1. The Bertz CT molecular complexity index is 325. The molecule has 0 radical (unpaired) electrons. The molecule has 78 valence electrons. The molecular formula is C10H13CaNO3. The summed E-state index contributed by atoms with van der Waals surface area (Å²) >= 11 is 0. The topological polar surface area (TPSA) is 66.4 Å². The zero-order valence-electron chi connectivity index (χ0n) is 10.2. The van der Waals surface area contributed by atoms with Gasteiger partial charge in [0.05, 0.1) is 0 Å². The number of hydrogen-bond acceptors (Lipinski definition) is 2. The molecule has 1 aromatic rings. The van der Waals surface area contributed by atoms with Crippen LogP contribution in [0.15, 0.2) is 30.3 Å². The molecule has 1 amide bonds. The molecule has 2 N–H and O–H groups in total. The molecule has 15 heavy (non-hydrogen) atoms. The van der Waals surface area contributed by atoms with Crippen LogP contribution in [0.1, 0.15) is 8.42 Å². The molecule has 0 aliphatic heterocycles. The van der Waals surface area contributed by atoms with E-state index in [2.05, 4.69) is 5.32 Å². The van der Waals surface area contributed by atoms with Gasteiger partial charge in [-0.05, 0) is 5.56 Å². The van der Waals surface area contributed by atoms with Crippen molar-refractivity contribution < 1.29 is 17.5 Å². The Balaban J connectivity index is -0.000000653. The van der Waals surface area contributed by atoms with Gasteiger partial charge in [0.1, 0.15) is 6.04 Å². The third-order valence-corrected chi connectivity index (χ3v) is 1.85. The fraction of sp³-hybridized carbons (Fsp3) is 0.200. The number of aliphatic carboxylic acids is 1. The number of rotatable bonds is 5. The Hall–Kier alpha value is -0.580. The fourth-order valence-corrected chi connectivity index (χ4v) is 1.15. The van der Waals surface area contributed by atoms with Crippen LogP contribution in [0.25, 0.3) is 0 Å². The number of amides is 1. The van der Waals surface area contributed by atoms with Crippen LogP contribution in [-0.2, 0) is 16.0 Å². The minimum absolute atomic E-state index is 0. The zero-order valence-corrected chi connectivity index (χ0v) is 10.4. The van der Waals surface area contributed by atoms with Gasteiger partial charge in [0, 0.05) is 6.42 Å². The predicted octanol–water partition coefficient (Wildman–Crippen LogP) is 0.272. The van der Waals surface area contributed by atoms with E-state index in [9.17, 15) is 9.59 Å². The number of carbonyl (C=O) groups is 2. The van der Waals surface area contributed by atoms with Gasteiger partial charge in [-0.1, -0.05) is 30.3 Å². The number of carbonyl (C=O) groups excluding carboxylic acids is 1. The molecule has 0 saturated carbocycles. The van der Waals surface area contributed by atoms with Gasteiger partial charge in [-0.3, -0.25) is 4.79 Å². The Morgan fingerprint density at radius 1 is 1.47 bits per heavy atom. The van der Waals surface area contributed by atoms with Crippen molar-refractivity contribution in [2.75, 3.05) is 0 Å². The van der Waals surface area contributed by atoms with Crippen molar-refractivity contribution in [3.05, 3.63) is 35.9 Å². The second kappa shape index (κ2) is 7.68. The van der Waals surface area contributed by atoms with E-state index in [-0.39, 0.29) is 40.6 Å². The van der Waals surface area contributed by atoms with Crippen molar-refractivity contribution >= 4 is 50.1 Å². The summed E-state index contributed by atoms with van der Waals surface area (Å²) in [6.07, 6.45) is 0.705. The smallest absolute Gasteiger partial charge is 1.00 e. The number of carboxylic acids is 1. The molecule has 0 saturated heterocycles. The molecule has 0 heterocycles. The zero-order chi connectivity index (χ0) is 10.4. The second-order valence-electron chi connectivity index (χ2n) is 2.87. The van der Waals surface area contributed by atoms with Crippen LogP contribution in [-0.4, -0.2) is 61.3 Å². The third-order valence-electron chi connectivity index (χ3n) is 1.85. The molecular weight excluding hydrogens is 222 g/mol. The van der Waals surface area contributed by atoms with Crippen LogP contribution in [0, 0.1) is 0 Å². The quantitative estimate of drug-likeness (QED) is 0.569. The van der Waals surface area contributed by atoms with Crippen LogP contribution in [0.3, 0.4) is 0 Å². The second-order valence-corrected chi connectivity index (χ2v) is 2.87. The molecule has 4 nitrogen and oxygen atoms in total. The maximum absolute atomic E-state index is 10.7. The molecule has 5 heteroatoms. The Labute approximate surface area is 121 Å². The maximum Gasteiger partial charge on any atom is 2.00 e. The van der Waals surface area contributed by atoms with Crippen LogP contribution < -0.4 is 5.32 Å². The number of nitrogens with one attached hydrogen (secondary N) is 1. The van der Waals surface area contributed by atoms with Crippen molar-refractivity contribution in [3.8, 4) is 0 Å². The van der Waals surface area contributed by atoms with E-state index in [0.717, 1.165) is 5.56 Å². The molecule has 1 atom stereocenters. The van der Waals surface area contributed by atoms with E-state index in [1.54, 1.807) is 0 Å². The van der Waals surface area contributed by atoms with E-state index in [1.807, 2.05) is 30.3 Å². The molecule has 0 aromatic heterocycles. The molecule has 0 bridgehead atoms. The van der Waals surface area contributed by atoms with Crippen molar-refractivity contribution in [2.24, 2.45) is 0 Å². The minimum atomic E-state index is -1.03. The molecule has 0 aliphatic rings. The van der Waals surface area contributed by atoms with Crippen molar-refractivity contribution in [3.63, 3.8) is 0 Å². The van der Waals surface area contributed by atoms with Gasteiger partial charge < -0.3 is 13.3 Å². The molecule has 0 unspecified atom stereocenters. The summed E-state index contributed by atoms with van der Waals surface area (Å²) in [5.74, 6) is -1.03. The largest absolute Gasteiger partial charge is 2.00 e. The molecule has 1 rings (SSSR count). The summed E-state index contributed by atoms with van der Waals surface area (Å²) in [4.78, 5) is 20.8. The first-order chi connectivity index (χ1) is 6.74. The van der Waals surface area contributed by atoms with Crippen molar-refractivity contribution in [1.29, 1.82) is 0 Å². The van der Waals surface area contributed by atoms with Gasteiger partial charge in [-0.15, -0.1) is 0 Å². The SMILES string of the molecule is O=CN[C@@H](Cc1ccccc1)C(=O)O.[Ca+2].[H-].[H-]. The summed E-state index contributed by atoms with van der Waals surface area (Å²) in [5.41, 5.74) is 0.884. The molecule has 1 aromatic carbocycles. The molecule has 0 fully saturated rings. The van der Waals surface area contributed by atoms with Gasteiger partial charge in [0.2, 0.25) is 6.41 Å². The van der Waals surface area contributed by atoms with E-state index in [0.29, 0.717) is 12.8 Å². The van der Waals surface area contributed by atoms with Crippen LogP contribution >= 0.6 is 0 Å². The van der Waals surface area contributed by atoms with Crippen LogP contribution in [0.4, 0.5) is 0 Å². The van der Waals surface area contributed by atoms with Gasteiger partial charge in [0.25, 0.3) is 0 Å². The van der Waals surface area contributed by atoms with E-state index >= 15 is 0 Å². The predicted molar refractivity (Wildman–Crippen MR) is 58.7 cm³/mol.